The first kappa shape index (κ1) is 11.3. The third kappa shape index (κ3) is 3.96. The van der Waals surface area contributed by atoms with E-state index in [9.17, 15) is 4.79 Å². The smallest absolute Gasteiger partial charge is 0.409 e. The molecule has 1 fully saturated rings. The van der Waals surface area contributed by atoms with Gasteiger partial charge in [-0.3, -0.25) is 0 Å². The molecule has 0 aliphatic carbocycles. The number of carbonyl (C=O) groups is 1. The number of nitrogens with one attached hydrogen (secondary N) is 1. The predicted octanol–water partition coefficient (Wildman–Crippen LogP) is 1.22. The van der Waals surface area contributed by atoms with Crippen molar-refractivity contribution in [1.29, 1.82) is 0 Å². The Morgan fingerprint density at radius 1 is 1.14 bits per heavy atom. The van der Waals surface area contributed by atoms with Crippen LogP contribution in [-0.4, -0.2) is 44.3 Å². The maximum absolute atomic E-state index is 11.3. The summed E-state index contributed by atoms with van der Waals surface area (Å²) in [4.78, 5) is 13.1. The fraction of sp³-hybridized carbons (Fsp3) is 0.900. The van der Waals surface area contributed by atoms with Crippen LogP contribution in [0.5, 0.6) is 0 Å². The van der Waals surface area contributed by atoms with Crippen molar-refractivity contribution in [2.45, 2.75) is 25.7 Å². The van der Waals surface area contributed by atoms with Crippen LogP contribution in [0.25, 0.3) is 0 Å². The van der Waals surface area contributed by atoms with E-state index in [1.54, 1.807) is 0 Å². The number of methoxy groups -OCH3 is 1. The van der Waals surface area contributed by atoms with E-state index in [0.717, 1.165) is 51.9 Å². The Kier molecular flexibility index (Phi) is 5.37. The molecule has 1 amide bonds. The molecule has 0 unspecified atom stereocenters. The molecule has 1 aliphatic rings. The number of hydrogen-bond donors (Lipinski definition) is 1. The highest BCUT2D eigenvalue weighted by Gasteiger charge is 2.12. The van der Waals surface area contributed by atoms with Gasteiger partial charge in [0, 0.05) is 13.1 Å². The summed E-state index contributed by atoms with van der Waals surface area (Å²) in [6.45, 7) is 3.78. The average molecular weight is 200 g/mol. The molecule has 0 atom stereocenters. The summed E-state index contributed by atoms with van der Waals surface area (Å²) in [5, 5.41) is 3.38. The van der Waals surface area contributed by atoms with Gasteiger partial charge in [-0.2, -0.15) is 0 Å². The highest BCUT2D eigenvalue weighted by atomic mass is 16.5. The van der Waals surface area contributed by atoms with Crippen LogP contribution in [0.4, 0.5) is 4.79 Å². The molecule has 0 aromatic heterocycles. The Labute approximate surface area is 85.6 Å². The van der Waals surface area contributed by atoms with Crippen LogP contribution in [0.15, 0.2) is 0 Å². The molecule has 1 aliphatic heterocycles. The monoisotopic (exact) mass is 200 g/mol. The van der Waals surface area contributed by atoms with Crippen molar-refractivity contribution in [2.24, 2.45) is 0 Å². The van der Waals surface area contributed by atoms with Gasteiger partial charge in [0.25, 0.3) is 0 Å². The van der Waals surface area contributed by atoms with E-state index in [1.807, 2.05) is 4.90 Å². The number of rotatable bonds is 0. The molecular weight excluding hydrogens is 180 g/mol. The zero-order valence-electron chi connectivity index (χ0n) is 8.92. The standard InChI is InChI=1S/C10H20N2O2/c1-14-10(13)12-8-4-2-6-11-7-3-5-9-12/h11H,2-9H2,1H3. The van der Waals surface area contributed by atoms with Crippen molar-refractivity contribution < 1.29 is 9.53 Å². The molecule has 0 radical (unpaired) electrons. The van der Waals surface area contributed by atoms with Gasteiger partial charge in [-0.1, -0.05) is 0 Å². The molecule has 1 rings (SSSR count). The lowest BCUT2D eigenvalue weighted by Gasteiger charge is -2.22. The molecule has 1 heterocycles. The molecule has 0 bridgehead atoms. The maximum atomic E-state index is 11.3. The quantitative estimate of drug-likeness (QED) is 0.639. The van der Waals surface area contributed by atoms with E-state index in [1.165, 1.54) is 7.11 Å². The molecule has 0 saturated carbocycles. The Hall–Kier alpha value is -0.770. The van der Waals surface area contributed by atoms with Crippen LogP contribution in [0.3, 0.4) is 0 Å². The van der Waals surface area contributed by atoms with Gasteiger partial charge in [0.1, 0.15) is 0 Å². The van der Waals surface area contributed by atoms with Crippen molar-refractivity contribution in [3.8, 4) is 0 Å². The molecule has 0 aromatic carbocycles. The summed E-state index contributed by atoms with van der Waals surface area (Å²) < 4.78 is 4.73. The van der Waals surface area contributed by atoms with Crippen molar-refractivity contribution in [2.75, 3.05) is 33.3 Å². The van der Waals surface area contributed by atoms with Gasteiger partial charge >= 0.3 is 6.09 Å². The fourth-order valence-corrected chi connectivity index (χ4v) is 1.65. The molecule has 82 valence electrons. The minimum Gasteiger partial charge on any atom is -0.453 e. The highest BCUT2D eigenvalue weighted by molar-refractivity contribution is 5.67. The van der Waals surface area contributed by atoms with Gasteiger partial charge in [0.15, 0.2) is 0 Å². The topological polar surface area (TPSA) is 41.6 Å². The van der Waals surface area contributed by atoms with E-state index in [2.05, 4.69) is 5.32 Å². The predicted molar refractivity (Wildman–Crippen MR) is 55.3 cm³/mol. The van der Waals surface area contributed by atoms with E-state index < -0.39 is 0 Å². The van der Waals surface area contributed by atoms with Crippen LogP contribution in [0.2, 0.25) is 0 Å². The first-order valence-electron chi connectivity index (χ1n) is 5.38. The van der Waals surface area contributed by atoms with Crippen LogP contribution in [0.1, 0.15) is 25.7 Å². The average Bonchev–Trinajstić information content (AvgIpc) is 2.24. The minimum atomic E-state index is -0.182. The van der Waals surface area contributed by atoms with Crippen LogP contribution < -0.4 is 5.32 Å². The molecule has 0 aromatic rings. The van der Waals surface area contributed by atoms with Gasteiger partial charge in [-0.05, 0) is 38.8 Å². The highest BCUT2D eigenvalue weighted by Crippen LogP contribution is 2.02. The lowest BCUT2D eigenvalue weighted by Crippen LogP contribution is -2.34. The van der Waals surface area contributed by atoms with Crippen molar-refractivity contribution >= 4 is 6.09 Å². The second-order valence-corrected chi connectivity index (χ2v) is 3.62. The van der Waals surface area contributed by atoms with Crippen LogP contribution in [-0.2, 0) is 4.74 Å². The summed E-state index contributed by atoms with van der Waals surface area (Å²) in [6.07, 6.45) is 4.20. The van der Waals surface area contributed by atoms with Gasteiger partial charge in [0.2, 0.25) is 0 Å². The Morgan fingerprint density at radius 3 is 2.21 bits per heavy atom. The minimum absolute atomic E-state index is 0.182. The van der Waals surface area contributed by atoms with E-state index >= 15 is 0 Å². The summed E-state index contributed by atoms with van der Waals surface area (Å²) in [5.41, 5.74) is 0. The zero-order valence-corrected chi connectivity index (χ0v) is 8.92. The summed E-state index contributed by atoms with van der Waals surface area (Å²) in [7, 11) is 1.45. The summed E-state index contributed by atoms with van der Waals surface area (Å²) in [5.74, 6) is 0. The molecular formula is C10H20N2O2. The van der Waals surface area contributed by atoms with Crippen LogP contribution >= 0.6 is 0 Å². The molecule has 1 saturated heterocycles. The third-order valence-corrected chi connectivity index (χ3v) is 2.50. The second-order valence-electron chi connectivity index (χ2n) is 3.62. The largest absolute Gasteiger partial charge is 0.453 e. The number of ether oxygens (including phenoxy) is 1. The van der Waals surface area contributed by atoms with Gasteiger partial charge in [-0.15, -0.1) is 0 Å². The SMILES string of the molecule is COC(=O)N1CCCCNCCCC1. The van der Waals surface area contributed by atoms with E-state index in [4.69, 9.17) is 4.74 Å². The van der Waals surface area contributed by atoms with Gasteiger partial charge in [-0.25, -0.2) is 4.79 Å². The Bertz CT molecular complexity index is 164. The maximum Gasteiger partial charge on any atom is 0.409 e. The Balaban J connectivity index is 2.34. The van der Waals surface area contributed by atoms with Crippen molar-refractivity contribution in [3.63, 3.8) is 0 Å². The number of hydrogen-bond acceptors (Lipinski definition) is 3. The van der Waals surface area contributed by atoms with E-state index in [-0.39, 0.29) is 6.09 Å². The van der Waals surface area contributed by atoms with Crippen LogP contribution in [0, 0.1) is 0 Å². The summed E-state index contributed by atoms with van der Waals surface area (Å²) in [6, 6.07) is 0. The normalized spacial score (nSPS) is 20.2. The zero-order chi connectivity index (χ0) is 10.2. The lowest BCUT2D eigenvalue weighted by atomic mass is 10.2. The Morgan fingerprint density at radius 2 is 1.71 bits per heavy atom. The number of amides is 1. The number of carbonyl (C=O) groups excluding carboxylic acids is 1. The lowest BCUT2D eigenvalue weighted by molar-refractivity contribution is 0.121. The first-order chi connectivity index (χ1) is 6.84. The molecule has 4 nitrogen and oxygen atoms in total. The molecule has 1 N–H and O–H groups in total. The van der Waals surface area contributed by atoms with Crippen molar-refractivity contribution in [3.05, 3.63) is 0 Å². The number of nitrogens with zero attached hydrogens (tertiary/aromatic N) is 1. The first-order valence-corrected chi connectivity index (χ1v) is 5.38. The van der Waals surface area contributed by atoms with Gasteiger partial charge < -0.3 is 15.0 Å². The third-order valence-electron chi connectivity index (χ3n) is 2.50. The molecule has 14 heavy (non-hydrogen) atoms. The second kappa shape index (κ2) is 6.65. The van der Waals surface area contributed by atoms with Gasteiger partial charge in [0.05, 0.1) is 7.11 Å². The molecule has 0 spiro atoms. The molecule has 4 heteroatoms. The van der Waals surface area contributed by atoms with E-state index in [0.29, 0.717) is 0 Å². The van der Waals surface area contributed by atoms with Crippen molar-refractivity contribution in [1.82, 2.24) is 10.2 Å². The fourth-order valence-electron chi connectivity index (χ4n) is 1.65. The summed E-state index contributed by atoms with van der Waals surface area (Å²) >= 11 is 0.